The number of nitrogen functional groups attached to an aromatic ring is 1. The highest BCUT2D eigenvalue weighted by Gasteiger charge is 2.09. The summed E-state index contributed by atoms with van der Waals surface area (Å²) in [4.78, 5) is 0. The smallest absolute Gasteiger partial charge is 0.160 e. The minimum absolute atomic E-state index is 0.552. The minimum atomic E-state index is 0.552. The molecule has 20 heavy (non-hydrogen) atoms. The van der Waals surface area contributed by atoms with Crippen LogP contribution in [-0.2, 0) is 6.54 Å². The van der Waals surface area contributed by atoms with E-state index >= 15 is 0 Å². The molecule has 0 saturated carbocycles. The van der Waals surface area contributed by atoms with Gasteiger partial charge in [0.05, 0.1) is 18.5 Å². The maximum Gasteiger partial charge on any atom is 0.160 e. The third kappa shape index (κ3) is 2.23. The van der Waals surface area contributed by atoms with Crippen LogP contribution in [0.3, 0.4) is 0 Å². The first-order chi connectivity index (χ1) is 9.78. The van der Waals surface area contributed by atoms with Crippen molar-refractivity contribution >= 4 is 22.4 Å². The monoisotopic (exact) mass is 270 g/mol. The molecule has 0 bridgehead atoms. The topological polar surface area (TPSA) is 86.2 Å². The van der Waals surface area contributed by atoms with Crippen LogP contribution in [0.4, 0.5) is 11.4 Å². The molecule has 0 aliphatic carbocycles. The second-order valence-corrected chi connectivity index (χ2v) is 4.37. The van der Waals surface area contributed by atoms with Crippen molar-refractivity contribution in [2.75, 3.05) is 18.2 Å². The van der Waals surface area contributed by atoms with Gasteiger partial charge >= 0.3 is 0 Å². The molecular formula is C14H14N4O2. The van der Waals surface area contributed by atoms with Gasteiger partial charge in [0.15, 0.2) is 11.0 Å². The molecule has 0 radical (unpaired) electrons. The maximum atomic E-state index is 5.80. The van der Waals surface area contributed by atoms with Gasteiger partial charge in [0.1, 0.15) is 5.75 Å². The fourth-order valence-corrected chi connectivity index (χ4v) is 1.97. The van der Waals surface area contributed by atoms with E-state index in [9.17, 15) is 0 Å². The fourth-order valence-electron chi connectivity index (χ4n) is 1.97. The molecule has 3 rings (SSSR count). The minimum Gasteiger partial charge on any atom is -0.497 e. The van der Waals surface area contributed by atoms with Gasteiger partial charge in [0.2, 0.25) is 0 Å². The Hall–Kier alpha value is -2.76. The quantitative estimate of drug-likeness (QED) is 0.708. The van der Waals surface area contributed by atoms with Crippen LogP contribution in [0.5, 0.6) is 5.75 Å². The van der Waals surface area contributed by atoms with Crippen LogP contribution in [0.1, 0.15) is 5.56 Å². The Labute approximate surface area is 115 Å². The number of benzene rings is 2. The molecule has 0 saturated heterocycles. The number of rotatable bonds is 4. The number of nitrogens with two attached hydrogens (primary N) is 1. The number of anilines is 2. The average Bonchev–Trinajstić information content (AvgIpc) is 2.98. The number of nitrogens with one attached hydrogen (secondary N) is 1. The summed E-state index contributed by atoms with van der Waals surface area (Å²) in [5.41, 5.74) is 9.54. The van der Waals surface area contributed by atoms with E-state index < -0.39 is 0 Å². The van der Waals surface area contributed by atoms with E-state index in [-0.39, 0.29) is 0 Å². The molecule has 0 unspecified atom stereocenters. The summed E-state index contributed by atoms with van der Waals surface area (Å²) >= 11 is 0. The Kier molecular flexibility index (Phi) is 3.12. The molecule has 0 atom stereocenters. The van der Waals surface area contributed by atoms with Crippen molar-refractivity contribution in [3.05, 3.63) is 42.0 Å². The van der Waals surface area contributed by atoms with Gasteiger partial charge in [-0.15, -0.1) is 0 Å². The Morgan fingerprint density at radius 1 is 1.10 bits per heavy atom. The van der Waals surface area contributed by atoms with E-state index in [4.69, 9.17) is 15.1 Å². The molecule has 1 aromatic heterocycles. The van der Waals surface area contributed by atoms with Gasteiger partial charge < -0.3 is 15.8 Å². The molecule has 0 spiro atoms. The zero-order chi connectivity index (χ0) is 13.9. The first kappa shape index (κ1) is 12.3. The van der Waals surface area contributed by atoms with Crippen molar-refractivity contribution in [2.24, 2.45) is 0 Å². The lowest BCUT2D eigenvalue weighted by Gasteiger charge is -2.08. The predicted octanol–water partition coefficient (Wildman–Crippen LogP) is 2.43. The van der Waals surface area contributed by atoms with Crippen LogP contribution < -0.4 is 15.8 Å². The molecule has 1 heterocycles. The van der Waals surface area contributed by atoms with Crippen molar-refractivity contribution in [2.45, 2.75) is 6.54 Å². The number of aromatic nitrogens is 2. The molecule has 0 fully saturated rings. The van der Waals surface area contributed by atoms with E-state index in [1.165, 1.54) is 0 Å². The number of methoxy groups -OCH3 is 1. The lowest BCUT2D eigenvalue weighted by Crippen LogP contribution is -2.00. The second kappa shape index (κ2) is 5.08. The fraction of sp³-hybridized carbons (Fsp3) is 0.143. The van der Waals surface area contributed by atoms with Gasteiger partial charge in [0.25, 0.3) is 0 Å². The third-order valence-electron chi connectivity index (χ3n) is 3.09. The summed E-state index contributed by atoms with van der Waals surface area (Å²) in [5.74, 6) is 0.837. The van der Waals surface area contributed by atoms with Gasteiger partial charge in [-0.3, -0.25) is 0 Å². The summed E-state index contributed by atoms with van der Waals surface area (Å²) in [6, 6.07) is 11.5. The maximum absolute atomic E-state index is 5.80. The van der Waals surface area contributed by atoms with E-state index in [0.717, 1.165) is 17.0 Å². The molecule has 6 heteroatoms. The van der Waals surface area contributed by atoms with Crippen LogP contribution >= 0.6 is 0 Å². The molecule has 2 aromatic carbocycles. The van der Waals surface area contributed by atoms with Crippen LogP contribution in [-0.4, -0.2) is 17.4 Å². The molecule has 0 aliphatic rings. The van der Waals surface area contributed by atoms with E-state index in [2.05, 4.69) is 15.6 Å². The van der Waals surface area contributed by atoms with E-state index in [1.807, 2.05) is 30.3 Å². The second-order valence-electron chi connectivity index (χ2n) is 4.37. The number of ether oxygens (including phenoxy) is 1. The molecular weight excluding hydrogens is 256 g/mol. The van der Waals surface area contributed by atoms with Gasteiger partial charge in [-0.1, -0.05) is 12.1 Å². The summed E-state index contributed by atoms with van der Waals surface area (Å²) < 4.78 is 9.86. The first-order valence-electron chi connectivity index (χ1n) is 6.15. The van der Waals surface area contributed by atoms with Gasteiger partial charge in [-0.25, -0.2) is 4.63 Å². The molecule has 3 N–H and O–H groups in total. The van der Waals surface area contributed by atoms with Crippen LogP contribution in [0.2, 0.25) is 0 Å². The molecule has 6 nitrogen and oxygen atoms in total. The Morgan fingerprint density at radius 3 is 2.60 bits per heavy atom. The van der Waals surface area contributed by atoms with Crippen molar-refractivity contribution in [3.8, 4) is 5.75 Å². The Balaban J connectivity index is 1.79. The van der Waals surface area contributed by atoms with Crippen LogP contribution in [0, 0.1) is 0 Å². The zero-order valence-electron chi connectivity index (χ0n) is 11.0. The summed E-state index contributed by atoms with van der Waals surface area (Å²) in [6.07, 6.45) is 0. The highest BCUT2D eigenvalue weighted by atomic mass is 16.6. The third-order valence-corrected chi connectivity index (χ3v) is 3.09. The SMILES string of the molecule is COc1ccc(CNc2ccc(N)c3nonc23)cc1. The number of fused-ring (bicyclic) bond motifs is 1. The predicted molar refractivity (Wildman–Crippen MR) is 76.5 cm³/mol. The lowest BCUT2D eigenvalue weighted by molar-refractivity contribution is 0.316. The standard InChI is InChI=1S/C14H14N4O2/c1-19-10-4-2-9(3-5-10)8-16-12-7-6-11(15)13-14(12)18-20-17-13/h2-7,16H,8,15H2,1H3. The van der Waals surface area contributed by atoms with Gasteiger partial charge in [0, 0.05) is 6.54 Å². The molecule has 0 amide bonds. The average molecular weight is 270 g/mol. The number of hydrogen-bond donors (Lipinski definition) is 2. The van der Waals surface area contributed by atoms with E-state index in [1.54, 1.807) is 13.2 Å². The summed E-state index contributed by atoms with van der Waals surface area (Å²) in [5, 5.41) is 11.0. The van der Waals surface area contributed by atoms with E-state index in [0.29, 0.717) is 23.3 Å². The van der Waals surface area contributed by atoms with Crippen molar-refractivity contribution in [3.63, 3.8) is 0 Å². The summed E-state index contributed by atoms with van der Waals surface area (Å²) in [6.45, 7) is 0.663. The van der Waals surface area contributed by atoms with Crippen LogP contribution in [0.25, 0.3) is 11.0 Å². The molecule has 3 aromatic rings. The molecule has 0 aliphatic heterocycles. The highest BCUT2D eigenvalue weighted by molar-refractivity contribution is 5.94. The van der Waals surface area contributed by atoms with Gasteiger partial charge in [-0.05, 0) is 40.1 Å². The molecule has 102 valence electrons. The lowest BCUT2D eigenvalue weighted by atomic mass is 10.2. The van der Waals surface area contributed by atoms with Crippen LogP contribution in [0.15, 0.2) is 41.0 Å². The number of hydrogen-bond acceptors (Lipinski definition) is 6. The highest BCUT2D eigenvalue weighted by Crippen LogP contribution is 2.25. The normalized spacial score (nSPS) is 10.7. The largest absolute Gasteiger partial charge is 0.497 e. The van der Waals surface area contributed by atoms with Crippen molar-refractivity contribution in [1.82, 2.24) is 10.3 Å². The summed E-state index contributed by atoms with van der Waals surface area (Å²) in [7, 11) is 1.65. The van der Waals surface area contributed by atoms with Crippen molar-refractivity contribution in [1.29, 1.82) is 0 Å². The first-order valence-corrected chi connectivity index (χ1v) is 6.15. The zero-order valence-corrected chi connectivity index (χ0v) is 11.0. The Morgan fingerprint density at radius 2 is 1.85 bits per heavy atom. The Bertz CT molecular complexity index is 722. The van der Waals surface area contributed by atoms with Gasteiger partial charge in [-0.2, -0.15) is 0 Å². The number of nitrogens with zero attached hydrogens (tertiary/aromatic N) is 2. The van der Waals surface area contributed by atoms with Crippen molar-refractivity contribution < 1.29 is 9.37 Å².